The van der Waals surface area contributed by atoms with Gasteiger partial charge in [0.1, 0.15) is 0 Å². The zero-order valence-electron chi connectivity index (χ0n) is 11.1. The molecule has 2 N–H and O–H groups in total. The van der Waals surface area contributed by atoms with E-state index in [9.17, 15) is 0 Å². The summed E-state index contributed by atoms with van der Waals surface area (Å²) in [5.74, 6) is 1.83. The van der Waals surface area contributed by atoms with Gasteiger partial charge in [-0.3, -0.25) is 0 Å². The van der Waals surface area contributed by atoms with Crippen LogP contribution in [0.1, 0.15) is 37.4 Å². The van der Waals surface area contributed by atoms with E-state index in [2.05, 4.69) is 28.1 Å². The second kappa shape index (κ2) is 4.84. The molecule has 0 aromatic carbocycles. The third kappa shape index (κ3) is 2.34. The van der Waals surface area contributed by atoms with Gasteiger partial charge in [-0.25, -0.2) is 0 Å². The second-order valence-electron chi connectivity index (χ2n) is 5.85. The van der Waals surface area contributed by atoms with Crippen LogP contribution in [-0.4, -0.2) is 29.3 Å². The van der Waals surface area contributed by atoms with Gasteiger partial charge in [-0.05, 0) is 49.7 Å². The Kier molecular flexibility index (Phi) is 3.20. The number of rotatable bonds is 1. The Morgan fingerprint density at radius 2 is 2.00 bits per heavy atom. The molecule has 0 bridgehead atoms. The lowest BCUT2D eigenvalue weighted by molar-refractivity contribution is 0.482. The molecule has 2 heterocycles. The number of hydrogen-bond acceptors (Lipinski definition) is 4. The fourth-order valence-electron chi connectivity index (χ4n) is 2.97. The highest BCUT2D eigenvalue weighted by atomic mass is 15.3. The third-order valence-corrected chi connectivity index (χ3v) is 4.25. The number of fused-ring (bicyclic) bond motifs is 1. The van der Waals surface area contributed by atoms with Crippen molar-refractivity contribution in [3.05, 3.63) is 17.3 Å². The number of nitrogens with two attached hydrogens (primary N) is 1. The first kappa shape index (κ1) is 11.9. The van der Waals surface area contributed by atoms with Gasteiger partial charge in [0.25, 0.3) is 0 Å². The van der Waals surface area contributed by atoms with Gasteiger partial charge in [0.2, 0.25) is 0 Å². The standard InChI is InChI=1S/C14H22N4/c1-10-2-3-13-11(8-10)9-14(17-16-13)18-6-4-12(15)5-7-18/h9-10,12H,2-8,15H2,1H3/t10-/m0/s1. The lowest BCUT2D eigenvalue weighted by Gasteiger charge is -2.31. The van der Waals surface area contributed by atoms with Gasteiger partial charge in [-0.2, -0.15) is 5.10 Å². The molecule has 18 heavy (non-hydrogen) atoms. The minimum absolute atomic E-state index is 0.367. The fourth-order valence-corrected chi connectivity index (χ4v) is 2.97. The Bertz CT molecular complexity index is 424. The molecule has 4 heteroatoms. The summed E-state index contributed by atoms with van der Waals surface area (Å²) in [4.78, 5) is 2.33. The van der Waals surface area contributed by atoms with Crippen molar-refractivity contribution in [1.29, 1.82) is 0 Å². The largest absolute Gasteiger partial charge is 0.355 e. The van der Waals surface area contributed by atoms with Crippen LogP contribution in [0.25, 0.3) is 0 Å². The van der Waals surface area contributed by atoms with Gasteiger partial charge < -0.3 is 10.6 Å². The molecule has 0 radical (unpaired) electrons. The topological polar surface area (TPSA) is 55.0 Å². The quantitative estimate of drug-likeness (QED) is 0.816. The van der Waals surface area contributed by atoms with Crippen molar-refractivity contribution in [2.24, 2.45) is 11.7 Å². The molecule has 0 spiro atoms. The summed E-state index contributed by atoms with van der Waals surface area (Å²) >= 11 is 0. The molecule has 3 rings (SSSR count). The number of aromatic nitrogens is 2. The summed E-state index contributed by atoms with van der Waals surface area (Å²) in [6.45, 7) is 4.36. The monoisotopic (exact) mass is 246 g/mol. The zero-order valence-corrected chi connectivity index (χ0v) is 11.1. The maximum absolute atomic E-state index is 5.94. The minimum Gasteiger partial charge on any atom is -0.355 e. The van der Waals surface area contributed by atoms with Crippen LogP contribution in [-0.2, 0) is 12.8 Å². The highest BCUT2D eigenvalue weighted by Gasteiger charge is 2.21. The summed E-state index contributed by atoms with van der Waals surface area (Å²) in [5, 5.41) is 8.83. The van der Waals surface area contributed by atoms with Gasteiger partial charge in [0.05, 0.1) is 5.69 Å². The van der Waals surface area contributed by atoms with E-state index in [1.807, 2.05) is 0 Å². The van der Waals surface area contributed by atoms with E-state index >= 15 is 0 Å². The summed E-state index contributed by atoms with van der Waals surface area (Å²) in [6, 6.07) is 2.63. The first-order chi connectivity index (χ1) is 8.72. The van der Waals surface area contributed by atoms with Crippen molar-refractivity contribution in [3.8, 4) is 0 Å². The molecule has 1 aliphatic heterocycles. The van der Waals surface area contributed by atoms with Crippen LogP contribution in [0.5, 0.6) is 0 Å². The predicted octanol–water partition coefficient (Wildman–Crippen LogP) is 1.53. The lowest BCUT2D eigenvalue weighted by atomic mass is 9.88. The number of hydrogen-bond donors (Lipinski definition) is 1. The number of piperidine rings is 1. The molecule has 1 saturated heterocycles. The Labute approximate surface area is 109 Å². The SMILES string of the molecule is C[C@H]1CCc2nnc(N3CCC(N)CC3)cc2C1. The minimum atomic E-state index is 0.367. The van der Waals surface area contributed by atoms with E-state index in [0.717, 1.165) is 50.5 Å². The number of anilines is 1. The molecule has 1 fully saturated rings. The van der Waals surface area contributed by atoms with Crippen LogP contribution >= 0.6 is 0 Å². The van der Waals surface area contributed by atoms with Gasteiger partial charge in [0.15, 0.2) is 5.82 Å². The van der Waals surface area contributed by atoms with Crippen molar-refractivity contribution in [3.63, 3.8) is 0 Å². The fraction of sp³-hybridized carbons (Fsp3) is 0.714. The number of nitrogens with zero attached hydrogens (tertiary/aromatic N) is 3. The molecular weight excluding hydrogens is 224 g/mol. The molecule has 1 aromatic rings. The Morgan fingerprint density at radius 3 is 2.78 bits per heavy atom. The molecule has 0 amide bonds. The lowest BCUT2D eigenvalue weighted by Crippen LogP contribution is -2.40. The van der Waals surface area contributed by atoms with E-state index in [4.69, 9.17) is 5.73 Å². The molecule has 1 aromatic heterocycles. The summed E-state index contributed by atoms with van der Waals surface area (Å²) in [5.41, 5.74) is 8.57. The van der Waals surface area contributed by atoms with Crippen LogP contribution < -0.4 is 10.6 Å². The predicted molar refractivity (Wildman–Crippen MR) is 72.6 cm³/mol. The van der Waals surface area contributed by atoms with Gasteiger partial charge in [0, 0.05) is 19.1 Å². The van der Waals surface area contributed by atoms with Gasteiger partial charge in [-0.15, -0.1) is 5.10 Å². The maximum Gasteiger partial charge on any atom is 0.151 e. The van der Waals surface area contributed by atoms with E-state index < -0.39 is 0 Å². The van der Waals surface area contributed by atoms with Crippen LogP contribution in [0.3, 0.4) is 0 Å². The molecule has 2 aliphatic rings. The Morgan fingerprint density at radius 1 is 1.22 bits per heavy atom. The van der Waals surface area contributed by atoms with E-state index in [1.165, 1.54) is 17.7 Å². The summed E-state index contributed by atoms with van der Waals surface area (Å²) in [6.07, 6.45) is 5.63. The van der Waals surface area contributed by atoms with Crippen molar-refractivity contribution in [2.45, 2.75) is 45.1 Å². The van der Waals surface area contributed by atoms with Crippen molar-refractivity contribution in [2.75, 3.05) is 18.0 Å². The van der Waals surface area contributed by atoms with E-state index in [1.54, 1.807) is 0 Å². The summed E-state index contributed by atoms with van der Waals surface area (Å²) < 4.78 is 0. The first-order valence-electron chi connectivity index (χ1n) is 7.08. The van der Waals surface area contributed by atoms with Crippen molar-refractivity contribution < 1.29 is 0 Å². The van der Waals surface area contributed by atoms with Crippen molar-refractivity contribution >= 4 is 5.82 Å². The van der Waals surface area contributed by atoms with E-state index in [0.29, 0.717) is 6.04 Å². The van der Waals surface area contributed by atoms with E-state index in [-0.39, 0.29) is 0 Å². The van der Waals surface area contributed by atoms with Crippen LogP contribution in [0.15, 0.2) is 6.07 Å². The highest BCUT2D eigenvalue weighted by molar-refractivity contribution is 5.42. The molecule has 4 nitrogen and oxygen atoms in total. The Hall–Kier alpha value is -1.16. The maximum atomic E-state index is 5.94. The van der Waals surface area contributed by atoms with Crippen LogP contribution in [0, 0.1) is 5.92 Å². The van der Waals surface area contributed by atoms with Crippen molar-refractivity contribution in [1.82, 2.24) is 10.2 Å². The summed E-state index contributed by atoms with van der Waals surface area (Å²) in [7, 11) is 0. The molecule has 0 unspecified atom stereocenters. The smallest absolute Gasteiger partial charge is 0.151 e. The molecule has 1 atom stereocenters. The normalized spacial score (nSPS) is 25.0. The zero-order chi connectivity index (χ0) is 12.5. The Balaban J connectivity index is 1.79. The van der Waals surface area contributed by atoms with Gasteiger partial charge >= 0.3 is 0 Å². The molecule has 1 aliphatic carbocycles. The first-order valence-corrected chi connectivity index (χ1v) is 7.08. The molecule has 98 valence electrons. The molecular formula is C14H22N4. The third-order valence-electron chi connectivity index (χ3n) is 4.25. The molecule has 0 saturated carbocycles. The average Bonchev–Trinajstić information content (AvgIpc) is 2.38. The van der Waals surface area contributed by atoms with Crippen LogP contribution in [0.4, 0.5) is 5.82 Å². The van der Waals surface area contributed by atoms with Gasteiger partial charge in [-0.1, -0.05) is 6.92 Å². The second-order valence-corrected chi connectivity index (χ2v) is 5.85. The highest BCUT2D eigenvalue weighted by Crippen LogP contribution is 2.26. The van der Waals surface area contributed by atoms with Crippen LogP contribution in [0.2, 0.25) is 0 Å². The number of aryl methyl sites for hydroxylation is 1. The average molecular weight is 246 g/mol.